The average molecular weight is 166 g/mol. The third kappa shape index (κ3) is 1.75. The van der Waals surface area contributed by atoms with Crippen LogP contribution in [0.15, 0.2) is 18.2 Å². The molecule has 0 unspecified atom stereocenters. The molecule has 0 aliphatic carbocycles. The highest BCUT2D eigenvalue weighted by molar-refractivity contribution is 5.52. The van der Waals surface area contributed by atoms with Crippen molar-refractivity contribution in [3.63, 3.8) is 0 Å². The summed E-state index contributed by atoms with van der Waals surface area (Å²) in [5, 5.41) is 9.23. The lowest BCUT2D eigenvalue weighted by molar-refractivity contribution is -0.109. The maximum absolute atomic E-state index is 9.99. The molecule has 0 aliphatic rings. The van der Waals surface area contributed by atoms with Gasteiger partial charge in [0.15, 0.2) is 6.29 Å². The first-order chi connectivity index (χ1) is 5.75. The Balaban J connectivity index is 2.84. The number of hydrogen-bond acceptors (Lipinski definition) is 3. The van der Waals surface area contributed by atoms with Crippen LogP contribution in [0.25, 0.3) is 0 Å². The van der Waals surface area contributed by atoms with Crippen LogP contribution in [0, 0.1) is 6.92 Å². The van der Waals surface area contributed by atoms with Crippen LogP contribution >= 0.6 is 0 Å². The van der Waals surface area contributed by atoms with Crippen molar-refractivity contribution in [2.24, 2.45) is 0 Å². The molecule has 1 aromatic carbocycles. The molecule has 0 aromatic heterocycles. The lowest BCUT2D eigenvalue weighted by Gasteiger charge is -2.06. The SMILES string of the molecule is Cc1c(O)cccc1OCC=O. The van der Waals surface area contributed by atoms with Crippen LogP contribution < -0.4 is 4.74 Å². The van der Waals surface area contributed by atoms with Crippen molar-refractivity contribution in [1.82, 2.24) is 0 Å². The summed E-state index contributed by atoms with van der Waals surface area (Å²) < 4.78 is 5.04. The van der Waals surface area contributed by atoms with Gasteiger partial charge in [-0.25, -0.2) is 0 Å². The van der Waals surface area contributed by atoms with Gasteiger partial charge in [0, 0.05) is 5.56 Å². The van der Waals surface area contributed by atoms with Gasteiger partial charge in [-0.2, -0.15) is 0 Å². The summed E-state index contributed by atoms with van der Waals surface area (Å²) in [6, 6.07) is 4.95. The third-order valence-corrected chi connectivity index (χ3v) is 1.56. The van der Waals surface area contributed by atoms with E-state index in [4.69, 9.17) is 4.74 Å². The van der Waals surface area contributed by atoms with E-state index in [0.717, 1.165) is 0 Å². The zero-order valence-electron chi connectivity index (χ0n) is 6.78. The van der Waals surface area contributed by atoms with Gasteiger partial charge in [0.05, 0.1) is 0 Å². The fourth-order valence-electron chi connectivity index (χ4n) is 0.883. The number of aromatic hydroxyl groups is 1. The molecular weight excluding hydrogens is 156 g/mol. The quantitative estimate of drug-likeness (QED) is 0.688. The number of phenolic OH excluding ortho intramolecular Hbond substituents is 1. The second-order valence-corrected chi connectivity index (χ2v) is 2.38. The van der Waals surface area contributed by atoms with Crippen molar-refractivity contribution < 1.29 is 14.6 Å². The summed E-state index contributed by atoms with van der Waals surface area (Å²) in [7, 11) is 0. The first-order valence-corrected chi connectivity index (χ1v) is 3.60. The Morgan fingerprint density at radius 2 is 2.33 bits per heavy atom. The number of benzene rings is 1. The first-order valence-electron chi connectivity index (χ1n) is 3.60. The van der Waals surface area contributed by atoms with E-state index >= 15 is 0 Å². The lowest BCUT2D eigenvalue weighted by Crippen LogP contribution is -1.98. The van der Waals surface area contributed by atoms with Crippen molar-refractivity contribution in [1.29, 1.82) is 0 Å². The van der Waals surface area contributed by atoms with E-state index in [9.17, 15) is 9.90 Å². The highest BCUT2D eigenvalue weighted by Crippen LogP contribution is 2.25. The maximum atomic E-state index is 9.99. The molecule has 3 nitrogen and oxygen atoms in total. The Labute approximate surface area is 70.6 Å². The van der Waals surface area contributed by atoms with Crippen LogP contribution in [0.3, 0.4) is 0 Å². The molecule has 1 rings (SSSR count). The van der Waals surface area contributed by atoms with Crippen molar-refractivity contribution in [3.05, 3.63) is 23.8 Å². The normalized spacial score (nSPS) is 9.42. The van der Waals surface area contributed by atoms with Crippen LogP contribution in [0.5, 0.6) is 11.5 Å². The fraction of sp³-hybridized carbons (Fsp3) is 0.222. The smallest absolute Gasteiger partial charge is 0.157 e. The first kappa shape index (κ1) is 8.59. The summed E-state index contributed by atoms with van der Waals surface area (Å²) in [4.78, 5) is 9.99. The van der Waals surface area contributed by atoms with E-state index < -0.39 is 0 Å². The largest absolute Gasteiger partial charge is 0.508 e. The van der Waals surface area contributed by atoms with E-state index in [2.05, 4.69) is 0 Å². The molecule has 0 saturated carbocycles. The summed E-state index contributed by atoms with van der Waals surface area (Å²) in [5.41, 5.74) is 0.652. The van der Waals surface area contributed by atoms with E-state index in [1.807, 2.05) is 0 Å². The van der Waals surface area contributed by atoms with Crippen molar-refractivity contribution >= 4 is 6.29 Å². The molecular formula is C9H10O3. The lowest BCUT2D eigenvalue weighted by atomic mass is 10.2. The second kappa shape index (κ2) is 3.76. The number of phenols is 1. The minimum Gasteiger partial charge on any atom is -0.508 e. The van der Waals surface area contributed by atoms with Gasteiger partial charge in [0.2, 0.25) is 0 Å². The van der Waals surface area contributed by atoms with Crippen LogP contribution in [-0.2, 0) is 4.79 Å². The maximum Gasteiger partial charge on any atom is 0.157 e. The molecule has 0 spiro atoms. The number of ether oxygens (including phenoxy) is 1. The predicted molar refractivity (Wildman–Crippen MR) is 44.4 cm³/mol. The van der Waals surface area contributed by atoms with E-state index in [1.54, 1.807) is 25.1 Å². The highest BCUT2D eigenvalue weighted by atomic mass is 16.5. The molecule has 1 N–H and O–H groups in total. The van der Waals surface area contributed by atoms with Gasteiger partial charge in [-0.15, -0.1) is 0 Å². The van der Waals surface area contributed by atoms with E-state index in [-0.39, 0.29) is 12.4 Å². The Kier molecular flexibility index (Phi) is 2.69. The summed E-state index contributed by atoms with van der Waals surface area (Å²) >= 11 is 0. The molecule has 0 atom stereocenters. The van der Waals surface area contributed by atoms with Gasteiger partial charge in [0.25, 0.3) is 0 Å². The Hall–Kier alpha value is -1.51. The predicted octanol–water partition coefficient (Wildman–Crippen LogP) is 1.28. The minimum atomic E-state index is 0.0181. The molecule has 0 heterocycles. The number of aldehydes is 1. The molecule has 1 aromatic rings. The number of hydrogen-bond donors (Lipinski definition) is 1. The van der Waals surface area contributed by atoms with Crippen molar-refractivity contribution in [2.45, 2.75) is 6.92 Å². The molecule has 0 fully saturated rings. The standard InChI is InChI=1S/C9H10O3/c1-7-8(11)3-2-4-9(7)12-6-5-10/h2-5,11H,6H2,1H3. The molecule has 64 valence electrons. The van der Waals surface area contributed by atoms with Crippen molar-refractivity contribution in [3.8, 4) is 11.5 Å². The molecule has 12 heavy (non-hydrogen) atoms. The Bertz CT molecular complexity index is 281. The average Bonchev–Trinajstić information content (AvgIpc) is 2.08. The second-order valence-electron chi connectivity index (χ2n) is 2.38. The Morgan fingerprint density at radius 1 is 1.58 bits per heavy atom. The van der Waals surface area contributed by atoms with E-state index in [0.29, 0.717) is 17.6 Å². The zero-order valence-corrected chi connectivity index (χ0v) is 6.78. The van der Waals surface area contributed by atoms with Gasteiger partial charge < -0.3 is 9.84 Å². The molecule has 0 aliphatic heterocycles. The number of carbonyl (C=O) groups excluding carboxylic acids is 1. The topological polar surface area (TPSA) is 46.5 Å². The van der Waals surface area contributed by atoms with Crippen molar-refractivity contribution in [2.75, 3.05) is 6.61 Å². The minimum absolute atomic E-state index is 0.0181. The third-order valence-electron chi connectivity index (χ3n) is 1.56. The number of rotatable bonds is 3. The van der Waals surface area contributed by atoms with Gasteiger partial charge in [-0.3, -0.25) is 4.79 Å². The molecule has 0 bridgehead atoms. The monoisotopic (exact) mass is 166 g/mol. The van der Waals surface area contributed by atoms with Crippen LogP contribution in [0.2, 0.25) is 0 Å². The summed E-state index contributed by atoms with van der Waals surface area (Å²) in [6.07, 6.45) is 0.670. The Morgan fingerprint density at radius 3 is 3.00 bits per heavy atom. The molecule has 0 radical (unpaired) electrons. The van der Waals surface area contributed by atoms with Gasteiger partial charge in [-0.05, 0) is 19.1 Å². The number of carbonyl (C=O) groups is 1. The molecule has 0 amide bonds. The van der Waals surface area contributed by atoms with Gasteiger partial charge in [0.1, 0.15) is 18.1 Å². The van der Waals surface area contributed by atoms with Crippen LogP contribution in [0.4, 0.5) is 0 Å². The zero-order chi connectivity index (χ0) is 8.97. The highest BCUT2D eigenvalue weighted by Gasteiger charge is 2.01. The molecule has 3 heteroatoms. The van der Waals surface area contributed by atoms with Gasteiger partial charge >= 0.3 is 0 Å². The summed E-state index contributed by atoms with van der Waals surface area (Å²) in [5.74, 6) is 0.723. The fourth-order valence-corrected chi connectivity index (χ4v) is 0.883. The van der Waals surface area contributed by atoms with Crippen LogP contribution in [0.1, 0.15) is 5.56 Å². The van der Waals surface area contributed by atoms with E-state index in [1.165, 1.54) is 0 Å². The van der Waals surface area contributed by atoms with Gasteiger partial charge in [-0.1, -0.05) is 6.07 Å². The summed E-state index contributed by atoms with van der Waals surface area (Å²) in [6.45, 7) is 1.75. The van der Waals surface area contributed by atoms with Crippen LogP contribution in [-0.4, -0.2) is 18.0 Å². The molecule has 0 saturated heterocycles.